The van der Waals surface area contributed by atoms with Gasteiger partial charge in [0.15, 0.2) is 0 Å². The molecule has 0 aliphatic carbocycles. The minimum atomic E-state index is -5.30. The smallest absolute Gasteiger partial charge is 0.367 e. The molecule has 0 saturated carbocycles. The molecule has 0 radical (unpaired) electrons. The lowest BCUT2D eigenvalue weighted by atomic mass is 10.3. The van der Waals surface area contributed by atoms with E-state index in [2.05, 4.69) is 0 Å². The molecular formula is C9H23O7P2S+. The quantitative estimate of drug-likeness (QED) is 0.239. The monoisotopic (exact) mass is 337 g/mol. The fourth-order valence-corrected chi connectivity index (χ4v) is 5.48. The fraction of sp³-hybridized carbons (Fsp3) is 1.00. The Morgan fingerprint density at radius 2 is 1.47 bits per heavy atom. The molecule has 0 spiro atoms. The Bertz CT molecular complexity index is 342. The highest BCUT2D eigenvalue weighted by Crippen LogP contribution is 2.68. The van der Waals surface area contributed by atoms with Crippen molar-refractivity contribution in [1.82, 2.24) is 0 Å². The van der Waals surface area contributed by atoms with Crippen molar-refractivity contribution < 1.29 is 33.8 Å². The lowest BCUT2D eigenvalue weighted by Crippen LogP contribution is -2.31. The SMILES string of the molecule is CCCCC[S+](C)CCC(O)(P(=O)(O)O)P(=O)(O)O. The first-order valence-corrected chi connectivity index (χ1v) is 11.1. The van der Waals surface area contributed by atoms with Crippen LogP contribution in [0.2, 0.25) is 0 Å². The van der Waals surface area contributed by atoms with Gasteiger partial charge in [0.2, 0.25) is 0 Å². The molecule has 1 atom stereocenters. The summed E-state index contributed by atoms with van der Waals surface area (Å²) >= 11 is 0. The Morgan fingerprint density at radius 3 is 1.84 bits per heavy atom. The van der Waals surface area contributed by atoms with Crippen molar-refractivity contribution in [2.75, 3.05) is 17.8 Å². The molecule has 0 aliphatic heterocycles. The minimum absolute atomic E-state index is 0.177. The standard InChI is InChI=1S/C9H22O7P2S/c1-3-4-5-7-19(2)8-6-9(10,17(11,12)13)18(14,15)16/h10H,3-8H2,1-2H3,(H3-,11,12,13,14,15,16)/p+1. The maximum absolute atomic E-state index is 11.1. The molecule has 10 heteroatoms. The molecule has 116 valence electrons. The van der Waals surface area contributed by atoms with Crippen LogP contribution < -0.4 is 0 Å². The van der Waals surface area contributed by atoms with Crippen molar-refractivity contribution in [2.45, 2.75) is 37.7 Å². The van der Waals surface area contributed by atoms with Crippen LogP contribution in [-0.2, 0) is 20.0 Å². The third kappa shape index (κ3) is 5.86. The summed E-state index contributed by atoms with van der Waals surface area (Å²) in [6.45, 7) is 2.05. The average Bonchev–Trinajstić information content (AvgIpc) is 2.23. The molecule has 0 saturated heterocycles. The van der Waals surface area contributed by atoms with Gasteiger partial charge in [0.1, 0.15) is 11.5 Å². The molecule has 0 aliphatic rings. The minimum Gasteiger partial charge on any atom is -0.367 e. The summed E-state index contributed by atoms with van der Waals surface area (Å²) in [6.07, 6.45) is 4.30. The predicted octanol–water partition coefficient (Wildman–Crippen LogP) is 0.816. The van der Waals surface area contributed by atoms with E-state index >= 15 is 0 Å². The Hall–Kier alpha value is 0.610. The second-order valence-corrected chi connectivity index (χ2v) is 10.9. The second kappa shape index (κ2) is 7.57. The molecule has 0 rings (SSSR count). The summed E-state index contributed by atoms with van der Waals surface area (Å²) in [4.78, 5) is 35.9. The number of unbranched alkanes of at least 4 members (excludes halogenated alkanes) is 2. The van der Waals surface area contributed by atoms with Crippen molar-refractivity contribution in [1.29, 1.82) is 0 Å². The molecular weight excluding hydrogens is 314 g/mol. The lowest BCUT2D eigenvalue weighted by Gasteiger charge is -2.28. The Labute approximate surface area is 116 Å². The van der Waals surface area contributed by atoms with Gasteiger partial charge in [-0.15, -0.1) is 0 Å². The summed E-state index contributed by atoms with van der Waals surface area (Å²) in [5, 5.41) is 6.43. The maximum Gasteiger partial charge on any atom is 0.369 e. The van der Waals surface area contributed by atoms with Crippen molar-refractivity contribution in [3.05, 3.63) is 0 Å². The van der Waals surface area contributed by atoms with Crippen molar-refractivity contribution in [3.63, 3.8) is 0 Å². The third-order valence-electron chi connectivity index (χ3n) is 2.82. The summed E-state index contributed by atoms with van der Waals surface area (Å²) < 4.78 is 22.3. The van der Waals surface area contributed by atoms with Crippen LogP contribution in [0.3, 0.4) is 0 Å². The Balaban J connectivity index is 4.63. The van der Waals surface area contributed by atoms with Crippen LogP contribution >= 0.6 is 15.2 Å². The van der Waals surface area contributed by atoms with Crippen LogP contribution in [-0.4, -0.2) is 47.5 Å². The molecule has 5 N–H and O–H groups in total. The van der Waals surface area contributed by atoms with Crippen LogP contribution in [0.25, 0.3) is 0 Å². The first kappa shape index (κ1) is 19.6. The first-order chi connectivity index (χ1) is 8.45. The van der Waals surface area contributed by atoms with E-state index in [4.69, 9.17) is 19.6 Å². The van der Waals surface area contributed by atoms with Gasteiger partial charge in [-0.1, -0.05) is 13.3 Å². The highest BCUT2D eigenvalue weighted by Gasteiger charge is 2.59. The molecule has 0 aromatic rings. The van der Waals surface area contributed by atoms with E-state index in [0.29, 0.717) is 0 Å². The Kier molecular flexibility index (Phi) is 7.81. The number of hydrogen-bond donors (Lipinski definition) is 5. The van der Waals surface area contributed by atoms with E-state index < -0.39 is 26.7 Å². The highest BCUT2D eigenvalue weighted by molar-refractivity contribution is 7.96. The van der Waals surface area contributed by atoms with E-state index in [1.807, 2.05) is 13.2 Å². The summed E-state index contributed by atoms with van der Waals surface area (Å²) in [5.41, 5.74) is 0. The van der Waals surface area contributed by atoms with E-state index in [0.717, 1.165) is 25.0 Å². The van der Waals surface area contributed by atoms with Crippen LogP contribution in [0, 0.1) is 0 Å². The van der Waals surface area contributed by atoms with Crippen molar-refractivity contribution in [2.24, 2.45) is 0 Å². The van der Waals surface area contributed by atoms with Crippen LogP contribution in [0.4, 0.5) is 0 Å². The zero-order chi connectivity index (χ0) is 15.3. The van der Waals surface area contributed by atoms with E-state index in [1.54, 1.807) is 0 Å². The van der Waals surface area contributed by atoms with Gasteiger partial charge >= 0.3 is 15.2 Å². The third-order valence-corrected chi connectivity index (χ3v) is 8.58. The highest BCUT2D eigenvalue weighted by atomic mass is 32.2. The summed E-state index contributed by atoms with van der Waals surface area (Å²) in [6, 6.07) is 0. The second-order valence-electron chi connectivity index (χ2n) is 4.51. The zero-order valence-electron chi connectivity index (χ0n) is 11.1. The van der Waals surface area contributed by atoms with Gasteiger partial charge in [0.25, 0.3) is 5.08 Å². The number of aliphatic hydroxyl groups is 1. The molecule has 0 fully saturated rings. The first-order valence-electron chi connectivity index (χ1n) is 5.88. The van der Waals surface area contributed by atoms with Gasteiger partial charge in [-0.2, -0.15) is 0 Å². The molecule has 0 aromatic heterocycles. The zero-order valence-corrected chi connectivity index (χ0v) is 13.7. The van der Waals surface area contributed by atoms with E-state index in [1.165, 1.54) is 0 Å². The largest absolute Gasteiger partial charge is 0.369 e. The molecule has 0 aromatic carbocycles. The lowest BCUT2D eigenvalue weighted by molar-refractivity contribution is 0.128. The number of rotatable bonds is 9. The normalized spacial score (nSPS) is 15.5. The van der Waals surface area contributed by atoms with Gasteiger partial charge in [-0.05, 0) is 23.7 Å². The van der Waals surface area contributed by atoms with Crippen molar-refractivity contribution in [3.8, 4) is 0 Å². The predicted molar refractivity (Wildman–Crippen MR) is 76.2 cm³/mol. The summed E-state index contributed by atoms with van der Waals surface area (Å²) in [7, 11) is -10.8. The summed E-state index contributed by atoms with van der Waals surface area (Å²) in [5.74, 6) is 1.00. The van der Waals surface area contributed by atoms with E-state index in [9.17, 15) is 14.2 Å². The molecule has 0 bridgehead atoms. The molecule has 0 amide bonds. The van der Waals surface area contributed by atoms with Gasteiger partial charge in [0.05, 0.1) is 6.26 Å². The van der Waals surface area contributed by atoms with Gasteiger partial charge in [0, 0.05) is 6.42 Å². The molecule has 19 heavy (non-hydrogen) atoms. The number of hydrogen-bond acceptors (Lipinski definition) is 3. The van der Waals surface area contributed by atoms with Gasteiger partial charge < -0.3 is 24.7 Å². The van der Waals surface area contributed by atoms with E-state index in [-0.39, 0.29) is 16.6 Å². The Morgan fingerprint density at radius 1 is 1.00 bits per heavy atom. The van der Waals surface area contributed by atoms with Crippen LogP contribution in [0.1, 0.15) is 32.6 Å². The average molecular weight is 337 g/mol. The topological polar surface area (TPSA) is 135 Å². The molecule has 0 heterocycles. The van der Waals surface area contributed by atoms with Crippen LogP contribution in [0.15, 0.2) is 0 Å². The fourth-order valence-electron chi connectivity index (χ4n) is 1.47. The van der Waals surface area contributed by atoms with Gasteiger partial charge in [-0.3, -0.25) is 9.13 Å². The van der Waals surface area contributed by atoms with Crippen molar-refractivity contribution >= 4 is 26.1 Å². The molecule has 7 nitrogen and oxygen atoms in total. The molecule has 1 unspecified atom stereocenters. The van der Waals surface area contributed by atoms with Crippen LogP contribution in [0.5, 0.6) is 0 Å². The van der Waals surface area contributed by atoms with Gasteiger partial charge in [-0.25, -0.2) is 0 Å². The maximum atomic E-state index is 11.1.